The van der Waals surface area contributed by atoms with Gasteiger partial charge < -0.3 is 4.90 Å². The molecule has 5 heteroatoms. The molecule has 3 aliphatic heterocycles. The largest absolute Gasteiger partial charge is 0.335 e. The molecule has 28 heavy (non-hydrogen) atoms. The number of piperidine rings is 1. The maximum Gasteiger partial charge on any atom is 0.272 e. The summed E-state index contributed by atoms with van der Waals surface area (Å²) in [5.74, 6) is 1.05. The molecule has 5 nitrogen and oxygen atoms in total. The molecule has 2 atom stereocenters. The standard InChI is InChI=1S/C23H32N4O/c1-4-27-22(12-21(24-27)17(2)3)23(28)26-15-19-10-11-20(16-26)25(14-19)13-18-8-6-5-7-9-18/h5-9,12,17,19-20H,4,10-11,13-16H2,1-3H3/t19-,20-/m0/s1. The van der Waals surface area contributed by atoms with Crippen LogP contribution in [0.15, 0.2) is 36.4 Å². The first-order chi connectivity index (χ1) is 13.5. The number of hydrogen-bond donors (Lipinski definition) is 0. The summed E-state index contributed by atoms with van der Waals surface area (Å²) < 4.78 is 1.88. The van der Waals surface area contributed by atoms with Crippen LogP contribution in [0.25, 0.3) is 0 Å². The highest BCUT2D eigenvalue weighted by atomic mass is 16.2. The van der Waals surface area contributed by atoms with Crippen molar-refractivity contribution in [2.75, 3.05) is 19.6 Å². The van der Waals surface area contributed by atoms with E-state index in [1.54, 1.807) is 0 Å². The molecule has 0 N–H and O–H groups in total. The van der Waals surface area contributed by atoms with Crippen LogP contribution in [-0.4, -0.2) is 51.2 Å². The molecule has 3 saturated heterocycles. The fraction of sp³-hybridized carbons (Fsp3) is 0.565. The summed E-state index contributed by atoms with van der Waals surface area (Å²) in [7, 11) is 0. The lowest BCUT2D eigenvalue weighted by Crippen LogP contribution is -2.44. The molecule has 2 bridgehead atoms. The minimum atomic E-state index is 0.153. The second-order valence-corrected chi connectivity index (χ2v) is 8.65. The van der Waals surface area contributed by atoms with Crippen LogP contribution in [0.5, 0.6) is 0 Å². The van der Waals surface area contributed by atoms with Gasteiger partial charge in [-0.1, -0.05) is 44.2 Å². The minimum absolute atomic E-state index is 0.153. The van der Waals surface area contributed by atoms with Crippen molar-refractivity contribution in [3.63, 3.8) is 0 Å². The van der Waals surface area contributed by atoms with Gasteiger partial charge in [-0.25, -0.2) is 0 Å². The van der Waals surface area contributed by atoms with Crippen molar-refractivity contribution < 1.29 is 4.79 Å². The van der Waals surface area contributed by atoms with Gasteiger partial charge in [0, 0.05) is 38.8 Å². The Balaban J connectivity index is 1.52. The van der Waals surface area contributed by atoms with Crippen molar-refractivity contribution in [2.24, 2.45) is 5.92 Å². The third-order valence-corrected chi connectivity index (χ3v) is 6.25. The van der Waals surface area contributed by atoms with Crippen LogP contribution in [0.4, 0.5) is 0 Å². The number of amides is 1. The molecule has 0 unspecified atom stereocenters. The van der Waals surface area contributed by atoms with Gasteiger partial charge in [0.15, 0.2) is 0 Å². The highest BCUT2D eigenvalue weighted by Crippen LogP contribution is 2.30. The van der Waals surface area contributed by atoms with Gasteiger partial charge in [-0.3, -0.25) is 14.4 Å². The van der Waals surface area contributed by atoms with Crippen LogP contribution >= 0.6 is 0 Å². The number of aryl methyl sites for hydroxylation is 1. The first kappa shape index (κ1) is 19.2. The van der Waals surface area contributed by atoms with Crippen LogP contribution in [0.3, 0.4) is 0 Å². The zero-order valence-electron chi connectivity index (χ0n) is 17.3. The summed E-state index contributed by atoms with van der Waals surface area (Å²) in [5.41, 5.74) is 3.12. The zero-order chi connectivity index (χ0) is 19.7. The number of aromatic nitrogens is 2. The highest BCUT2D eigenvalue weighted by molar-refractivity contribution is 5.92. The maximum absolute atomic E-state index is 13.4. The topological polar surface area (TPSA) is 41.4 Å². The van der Waals surface area contributed by atoms with E-state index in [0.717, 1.165) is 44.1 Å². The van der Waals surface area contributed by atoms with Crippen LogP contribution < -0.4 is 0 Å². The summed E-state index contributed by atoms with van der Waals surface area (Å²) in [6.07, 6.45) is 2.41. The number of carbonyl (C=O) groups is 1. The Labute approximate surface area is 168 Å². The van der Waals surface area contributed by atoms with Gasteiger partial charge in [-0.2, -0.15) is 5.10 Å². The molecule has 5 rings (SSSR count). The van der Waals surface area contributed by atoms with E-state index >= 15 is 0 Å². The second kappa shape index (κ2) is 8.08. The summed E-state index contributed by atoms with van der Waals surface area (Å²) >= 11 is 0. The van der Waals surface area contributed by atoms with Gasteiger partial charge in [0.25, 0.3) is 5.91 Å². The first-order valence-corrected chi connectivity index (χ1v) is 10.7. The van der Waals surface area contributed by atoms with Gasteiger partial charge >= 0.3 is 0 Å². The molecule has 1 amide bonds. The van der Waals surface area contributed by atoms with E-state index in [4.69, 9.17) is 0 Å². The molecular weight excluding hydrogens is 348 g/mol. The molecule has 1 aromatic heterocycles. The summed E-state index contributed by atoms with van der Waals surface area (Å²) in [5, 5.41) is 4.65. The molecule has 3 fully saturated rings. The Hall–Kier alpha value is -2.14. The van der Waals surface area contributed by atoms with Crippen molar-refractivity contribution in [1.82, 2.24) is 19.6 Å². The van der Waals surface area contributed by atoms with Crippen LogP contribution in [-0.2, 0) is 13.1 Å². The van der Waals surface area contributed by atoms with Crippen molar-refractivity contribution >= 4 is 5.91 Å². The first-order valence-electron chi connectivity index (χ1n) is 10.7. The third kappa shape index (κ3) is 3.86. The monoisotopic (exact) mass is 380 g/mol. The average Bonchev–Trinajstić information content (AvgIpc) is 2.94. The van der Waals surface area contributed by atoms with E-state index < -0.39 is 0 Å². The van der Waals surface area contributed by atoms with Crippen molar-refractivity contribution in [2.45, 2.75) is 58.7 Å². The van der Waals surface area contributed by atoms with Crippen LogP contribution in [0.1, 0.15) is 61.3 Å². The molecule has 2 aromatic rings. The fourth-order valence-electron chi connectivity index (χ4n) is 4.65. The molecule has 0 aliphatic carbocycles. The summed E-state index contributed by atoms with van der Waals surface area (Å²) in [4.78, 5) is 18.1. The number of carbonyl (C=O) groups excluding carboxylic acids is 1. The van der Waals surface area contributed by atoms with Gasteiger partial charge in [0.2, 0.25) is 0 Å². The van der Waals surface area contributed by atoms with E-state index in [1.165, 1.54) is 18.4 Å². The summed E-state index contributed by atoms with van der Waals surface area (Å²) in [6.45, 7) is 10.8. The van der Waals surface area contributed by atoms with Crippen molar-refractivity contribution in [3.05, 3.63) is 53.3 Å². The minimum Gasteiger partial charge on any atom is -0.335 e. The van der Waals surface area contributed by atoms with Crippen molar-refractivity contribution in [1.29, 1.82) is 0 Å². The molecule has 150 valence electrons. The number of nitrogens with zero attached hydrogens (tertiary/aromatic N) is 4. The van der Waals surface area contributed by atoms with Crippen LogP contribution in [0.2, 0.25) is 0 Å². The molecule has 1 aromatic carbocycles. The van der Waals surface area contributed by atoms with Gasteiger partial charge in [-0.05, 0) is 43.2 Å². The van der Waals surface area contributed by atoms with E-state index in [-0.39, 0.29) is 5.91 Å². The quantitative estimate of drug-likeness (QED) is 0.793. The van der Waals surface area contributed by atoms with E-state index in [2.05, 4.69) is 66.0 Å². The molecule has 0 saturated carbocycles. The lowest BCUT2D eigenvalue weighted by atomic mass is 9.94. The number of rotatable bonds is 5. The lowest BCUT2D eigenvalue weighted by molar-refractivity contribution is 0.0723. The predicted molar refractivity (Wildman–Crippen MR) is 111 cm³/mol. The molecular formula is C23H32N4O. The Bertz CT molecular complexity index is 813. The Kier molecular flexibility index (Phi) is 5.54. The molecule has 0 radical (unpaired) electrons. The number of benzene rings is 1. The highest BCUT2D eigenvalue weighted by Gasteiger charge is 2.37. The fourth-order valence-corrected chi connectivity index (χ4v) is 4.65. The van der Waals surface area contributed by atoms with E-state index in [0.29, 0.717) is 17.9 Å². The molecule has 3 aliphatic rings. The SMILES string of the molecule is CCn1nc(C(C)C)cc1C(=O)N1C[C@H]2CC[C@@H](C1)N(Cc1ccccc1)C2. The second-order valence-electron chi connectivity index (χ2n) is 8.65. The third-order valence-electron chi connectivity index (χ3n) is 6.25. The lowest BCUT2D eigenvalue weighted by Gasteiger charge is -2.36. The van der Waals surface area contributed by atoms with Crippen LogP contribution in [0, 0.1) is 5.92 Å². The Morgan fingerprint density at radius 1 is 1.14 bits per heavy atom. The van der Waals surface area contributed by atoms with Gasteiger partial charge in [0.1, 0.15) is 5.69 Å². The molecule has 0 spiro atoms. The van der Waals surface area contributed by atoms with Gasteiger partial charge in [0.05, 0.1) is 5.69 Å². The van der Waals surface area contributed by atoms with E-state index in [1.807, 2.05) is 10.7 Å². The Morgan fingerprint density at radius 3 is 2.64 bits per heavy atom. The van der Waals surface area contributed by atoms with Gasteiger partial charge in [-0.15, -0.1) is 0 Å². The number of fused-ring (bicyclic) bond motifs is 4. The smallest absolute Gasteiger partial charge is 0.272 e. The average molecular weight is 381 g/mol. The summed E-state index contributed by atoms with van der Waals surface area (Å²) in [6, 6.07) is 13.2. The predicted octanol–water partition coefficient (Wildman–Crippen LogP) is 3.76. The number of hydrogen-bond acceptors (Lipinski definition) is 3. The molecule has 4 heterocycles. The van der Waals surface area contributed by atoms with E-state index in [9.17, 15) is 4.79 Å². The Morgan fingerprint density at radius 2 is 1.93 bits per heavy atom. The van der Waals surface area contributed by atoms with Crippen molar-refractivity contribution in [3.8, 4) is 0 Å². The normalized spacial score (nSPS) is 22.6. The zero-order valence-corrected chi connectivity index (χ0v) is 17.3. The maximum atomic E-state index is 13.4.